The van der Waals surface area contributed by atoms with Crippen molar-refractivity contribution in [1.29, 1.82) is 0 Å². The highest BCUT2D eigenvalue weighted by Crippen LogP contribution is 2.78. The molecule has 0 radical (unpaired) electrons. The van der Waals surface area contributed by atoms with Gasteiger partial charge < -0.3 is 54.7 Å². The van der Waals surface area contributed by atoms with Crippen molar-refractivity contribution in [3.63, 3.8) is 0 Å². The van der Waals surface area contributed by atoms with E-state index in [1.54, 1.807) is 6.92 Å². The first-order valence-corrected chi connectivity index (χ1v) is 20.3. The monoisotopic (exact) mass is 752 g/mol. The molecule has 2 aliphatic heterocycles. The molecule has 0 unspecified atom stereocenters. The number of aliphatic hydroxyl groups is 7. The Morgan fingerprint density at radius 3 is 2.00 bits per heavy atom. The van der Waals surface area contributed by atoms with Gasteiger partial charge in [0.25, 0.3) is 0 Å². The third kappa shape index (κ3) is 5.58. The van der Waals surface area contributed by atoms with Gasteiger partial charge in [0.2, 0.25) is 0 Å². The first-order valence-electron chi connectivity index (χ1n) is 20.3. The molecule has 12 nitrogen and oxygen atoms in total. The number of hydrogen-bond acceptors (Lipinski definition) is 12. The lowest BCUT2D eigenvalue weighted by Crippen LogP contribution is -2.72. The zero-order chi connectivity index (χ0) is 39.0. The molecule has 7 rings (SSSR count). The van der Waals surface area contributed by atoms with Crippen LogP contribution >= 0.6 is 0 Å². The summed E-state index contributed by atoms with van der Waals surface area (Å²) in [5.74, 6) is 0.356. The molecule has 5 saturated carbocycles. The van der Waals surface area contributed by atoms with Crippen LogP contribution in [0.15, 0.2) is 0 Å². The van der Waals surface area contributed by atoms with Gasteiger partial charge in [-0.2, -0.15) is 0 Å². The van der Waals surface area contributed by atoms with Crippen molar-refractivity contribution in [3.8, 4) is 0 Å². The lowest BCUT2D eigenvalue weighted by Gasteiger charge is -2.74. The van der Waals surface area contributed by atoms with E-state index >= 15 is 0 Å². The highest BCUT2D eigenvalue weighted by Gasteiger charge is 2.75. The smallest absolute Gasteiger partial charge is 0.187 e. The predicted octanol–water partition coefficient (Wildman–Crippen LogP) is 2.68. The van der Waals surface area contributed by atoms with Crippen molar-refractivity contribution >= 4 is 5.78 Å². The molecular formula is C41H68O12. The van der Waals surface area contributed by atoms with Crippen molar-refractivity contribution in [2.75, 3.05) is 6.61 Å². The van der Waals surface area contributed by atoms with Gasteiger partial charge in [-0.25, -0.2) is 0 Å². The zero-order valence-corrected chi connectivity index (χ0v) is 33.3. The van der Waals surface area contributed by atoms with E-state index in [9.17, 15) is 40.5 Å². The van der Waals surface area contributed by atoms with E-state index < -0.39 is 72.9 Å². The molecule has 53 heavy (non-hydrogen) atoms. The number of aliphatic hydroxyl groups excluding tert-OH is 7. The third-order valence-corrected chi connectivity index (χ3v) is 17.8. The van der Waals surface area contributed by atoms with E-state index in [0.717, 1.165) is 32.1 Å². The number of Topliss-reactive ketones (excluding diaryl/α,β-unsaturated/α-hetero) is 1. The Morgan fingerprint density at radius 2 is 1.34 bits per heavy atom. The van der Waals surface area contributed by atoms with E-state index in [0.29, 0.717) is 19.3 Å². The second-order valence-corrected chi connectivity index (χ2v) is 20.5. The molecule has 7 aliphatic rings. The zero-order valence-electron chi connectivity index (χ0n) is 33.3. The van der Waals surface area contributed by atoms with Crippen LogP contribution < -0.4 is 0 Å². The van der Waals surface area contributed by atoms with Gasteiger partial charge in [-0.05, 0) is 110 Å². The summed E-state index contributed by atoms with van der Waals surface area (Å²) < 4.78 is 24.0. The van der Waals surface area contributed by atoms with Gasteiger partial charge in [-0.15, -0.1) is 0 Å². The molecular weight excluding hydrogens is 684 g/mol. The van der Waals surface area contributed by atoms with Crippen LogP contribution in [0.2, 0.25) is 0 Å². The van der Waals surface area contributed by atoms with Crippen LogP contribution in [0, 0.1) is 56.2 Å². The standard InChI is InChI=1S/C41H68O12/c1-19-27(46)28(47)29(48)35(51-19)53-31-23(45)18-50-34(30(31)49)52-26-11-12-38(6)24(36(26,3)4)10-13-40(8)25(38)16-21(43)33-39(7)15-14-37(5,20(2)42)32(39)22(44)17-41(33,40)9/h19,21-35,43-49H,10-18H2,1-9H3/t19-,21+,22-,23-,24-,25+,26-,27-,28+,29+,30-,31-,32-,33+,34-,35-,37-,38-,39-,40+,41+/m0/s1. The van der Waals surface area contributed by atoms with Crippen LogP contribution in [-0.2, 0) is 23.7 Å². The molecule has 0 aromatic carbocycles. The molecule has 2 heterocycles. The average molecular weight is 753 g/mol. The molecule has 304 valence electrons. The van der Waals surface area contributed by atoms with Crippen LogP contribution in [0.25, 0.3) is 0 Å². The third-order valence-electron chi connectivity index (χ3n) is 17.8. The minimum absolute atomic E-state index is 0.0224. The van der Waals surface area contributed by atoms with Crippen LogP contribution in [0.4, 0.5) is 0 Å². The Morgan fingerprint density at radius 1 is 0.660 bits per heavy atom. The highest BCUT2D eigenvalue weighted by molar-refractivity contribution is 5.83. The molecule has 0 amide bonds. The maximum Gasteiger partial charge on any atom is 0.187 e. The summed E-state index contributed by atoms with van der Waals surface area (Å²) in [6.07, 6.45) is -6.94. The molecule has 7 fully saturated rings. The van der Waals surface area contributed by atoms with Crippen molar-refractivity contribution in [1.82, 2.24) is 0 Å². The summed E-state index contributed by atoms with van der Waals surface area (Å²) in [6.45, 7) is 18.9. The average Bonchev–Trinajstić information content (AvgIpc) is 3.36. The van der Waals surface area contributed by atoms with E-state index in [-0.39, 0.29) is 69.2 Å². The Hall–Kier alpha value is -0.770. The van der Waals surface area contributed by atoms with Gasteiger partial charge in [0.15, 0.2) is 12.6 Å². The van der Waals surface area contributed by atoms with E-state index in [1.165, 1.54) is 6.92 Å². The van der Waals surface area contributed by atoms with Crippen molar-refractivity contribution in [2.45, 2.75) is 187 Å². The van der Waals surface area contributed by atoms with Crippen molar-refractivity contribution in [2.24, 2.45) is 56.2 Å². The van der Waals surface area contributed by atoms with Crippen LogP contribution in [0.1, 0.15) is 114 Å². The second-order valence-electron chi connectivity index (χ2n) is 20.5. The van der Waals surface area contributed by atoms with Gasteiger partial charge in [-0.1, -0.05) is 48.5 Å². The van der Waals surface area contributed by atoms with E-state index in [2.05, 4.69) is 41.5 Å². The molecule has 0 aromatic heterocycles. The lowest BCUT2D eigenvalue weighted by atomic mass is 9.31. The van der Waals surface area contributed by atoms with Crippen LogP contribution in [-0.4, -0.2) is 122 Å². The van der Waals surface area contributed by atoms with Crippen molar-refractivity contribution < 1.29 is 59.5 Å². The van der Waals surface area contributed by atoms with Gasteiger partial charge in [0.1, 0.15) is 42.4 Å². The number of hydrogen-bond donors (Lipinski definition) is 7. The fourth-order valence-electron chi connectivity index (χ4n) is 14.9. The molecule has 0 aromatic rings. The summed E-state index contributed by atoms with van der Waals surface area (Å²) in [4.78, 5) is 13.1. The normalized spacial score (nSPS) is 59.2. The van der Waals surface area contributed by atoms with Crippen molar-refractivity contribution in [3.05, 3.63) is 0 Å². The Labute approximate surface area is 314 Å². The van der Waals surface area contributed by atoms with Gasteiger partial charge >= 0.3 is 0 Å². The maximum atomic E-state index is 13.1. The quantitative estimate of drug-likeness (QED) is 0.203. The number of fused-ring (bicyclic) bond motifs is 7. The molecule has 0 bridgehead atoms. The fourth-order valence-corrected chi connectivity index (χ4v) is 14.9. The lowest BCUT2D eigenvalue weighted by molar-refractivity contribution is -0.355. The summed E-state index contributed by atoms with van der Waals surface area (Å²) in [7, 11) is 0. The minimum Gasteiger partial charge on any atom is -0.393 e. The van der Waals surface area contributed by atoms with E-state index in [1.807, 2.05) is 6.92 Å². The van der Waals surface area contributed by atoms with Crippen LogP contribution in [0.3, 0.4) is 0 Å². The maximum absolute atomic E-state index is 13.1. The minimum atomic E-state index is -1.59. The Bertz CT molecular complexity index is 1410. The Balaban J connectivity index is 1.10. The summed E-state index contributed by atoms with van der Waals surface area (Å²) in [5, 5.41) is 77.6. The summed E-state index contributed by atoms with van der Waals surface area (Å²) in [5.41, 5.74) is -1.91. The SMILES string of the molecule is CC(=O)[C@]1(C)CC[C@@]2(C)[C@H]1[C@@H](O)C[C@]1(C)[C@@H]2[C@H](O)C[C@@H]2[C@@]3(C)CC[C@H](O[C@@H]4OC[C@H](O)[C@H](O[C@@H]5O[C@@H](C)[C@H](O)[C@@H](O)[C@H]5O)[C@@H]4O)C(C)(C)[C@@H]3CC[C@]21C. The summed E-state index contributed by atoms with van der Waals surface area (Å²) >= 11 is 0. The topological polar surface area (TPSA) is 196 Å². The first kappa shape index (κ1) is 40.4. The van der Waals surface area contributed by atoms with Gasteiger partial charge in [-0.3, -0.25) is 4.79 Å². The molecule has 0 spiro atoms. The van der Waals surface area contributed by atoms with Crippen LogP contribution in [0.5, 0.6) is 0 Å². The van der Waals surface area contributed by atoms with Gasteiger partial charge in [0.05, 0.1) is 31.0 Å². The molecule has 5 aliphatic carbocycles. The van der Waals surface area contributed by atoms with Gasteiger partial charge in [0, 0.05) is 11.3 Å². The molecule has 7 N–H and O–H groups in total. The number of ketones is 1. The van der Waals surface area contributed by atoms with E-state index in [4.69, 9.17) is 18.9 Å². The Kier molecular flexibility index (Phi) is 10.0. The second kappa shape index (κ2) is 13.1. The predicted molar refractivity (Wildman–Crippen MR) is 192 cm³/mol. The highest BCUT2D eigenvalue weighted by atomic mass is 16.7. The molecule has 12 heteroatoms. The molecule has 21 atom stereocenters. The largest absolute Gasteiger partial charge is 0.393 e. The number of rotatable bonds is 5. The fraction of sp³-hybridized carbons (Fsp3) is 0.976. The number of carbonyl (C=O) groups is 1. The first-order chi connectivity index (χ1) is 24.5. The number of ether oxygens (including phenoxy) is 4. The molecule has 2 saturated heterocycles. The summed E-state index contributed by atoms with van der Waals surface area (Å²) in [6, 6.07) is 0. The number of carbonyl (C=O) groups excluding carboxylic acids is 1.